The molecule has 6 heteroatoms. The van der Waals surface area contributed by atoms with E-state index in [0.717, 1.165) is 11.4 Å². The molecule has 4 rings (SSSR count). The SMILES string of the molecule is CC1=NC([C@H]2CC[C@@H](C(F)(F)F)CC2)N(c2ccc(Cl)cc2)C=C1C1CC1. The van der Waals surface area contributed by atoms with Crippen LogP contribution in [0.5, 0.6) is 0 Å². The molecule has 2 nitrogen and oxygen atoms in total. The molecule has 0 bridgehead atoms. The molecule has 2 saturated carbocycles. The van der Waals surface area contributed by atoms with Gasteiger partial charge in [0.15, 0.2) is 0 Å². The summed E-state index contributed by atoms with van der Waals surface area (Å²) in [5.74, 6) is -0.458. The third-order valence-corrected chi connectivity index (χ3v) is 6.36. The molecule has 0 N–H and O–H groups in total. The van der Waals surface area contributed by atoms with E-state index in [1.165, 1.54) is 18.4 Å². The molecule has 1 aromatic carbocycles. The number of allylic oxidation sites excluding steroid dienone is 1. The Hall–Kier alpha value is -1.49. The van der Waals surface area contributed by atoms with E-state index in [1.54, 1.807) is 0 Å². The van der Waals surface area contributed by atoms with Crippen LogP contribution in [0.4, 0.5) is 18.9 Å². The fourth-order valence-corrected chi connectivity index (χ4v) is 4.49. The number of rotatable bonds is 3. The smallest absolute Gasteiger partial charge is 0.325 e. The summed E-state index contributed by atoms with van der Waals surface area (Å²) in [7, 11) is 0. The van der Waals surface area contributed by atoms with E-state index in [0.29, 0.717) is 23.8 Å². The van der Waals surface area contributed by atoms with Gasteiger partial charge in [-0.25, -0.2) is 0 Å². The summed E-state index contributed by atoms with van der Waals surface area (Å²) in [4.78, 5) is 7.14. The van der Waals surface area contributed by atoms with Gasteiger partial charge in [0.05, 0.1) is 5.92 Å². The van der Waals surface area contributed by atoms with E-state index >= 15 is 0 Å². The topological polar surface area (TPSA) is 15.6 Å². The number of hydrogen-bond acceptors (Lipinski definition) is 2. The van der Waals surface area contributed by atoms with Crippen LogP contribution >= 0.6 is 11.6 Å². The van der Waals surface area contributed by atoms with Crippen LogP contribution in [-0.2, 0) is 0 Å². The van der Waals surface area contributed by atoms with Crippen molar-refractivity contribution in [3.63, 3.8) is 0 Å². The summed E-state index contributed by atoms with van der Waals surface area (Å²) in [6, 6.07) is 7.64. The highest BCUT2D eigenvalue weighted by Crippen LogP contribution is 2.44. The Balaban J connectivity index is 1.59. The van der Waals surface area contributed by atoms with Crippen molar-refractivity contribution >= 4 is 23.0 Å². The monoisotopic (exact) mass is 396 g/mol. The molecule has 0 amide bonds. The third-order valence-electron chi connectivity index (χ3n) is 6.11. The quantitative estimate of drug-likeness (QED) is 0.561. The van der Waals surface area contributed by atoms with Gasteiger partial charge in [-0.3, -0.25) is 4.99 Å². The third kappa shape index (κ3) is 4.03. The van der Waals surface area contributed by atoms with Gasteiger partial charge in [-0.05, 0) is 81.2 Å². The van der Waals surface area contributed by atoms with Crippen molar-refractivity contribution in [2.45, 2.75) is 57.8 Å². The largest absolute Gasteiger partial charge is 0.391 e. The maximum atomic E-state index is 13.0. The summed E-state index contributed by atoms with van der Waals surface area (Å²) in [6.45, 7) is 2.04. The van der Waals surface area contributed by atoms with E-state index in [1.807, 2.05) is 31.2 Å². The lowest BCUT2D eigenvalue weighted by Crippen LogP contribution is -2.42. The predicted molar refractivity (Wildman–Crippen MR) is 103 cm³/mol. The molecule has 146 valence electrons. The second-order valence-electron chi connectivity index (χ2n) is 8.02. The molecule has 0 spiro atoms. The van der Waals surface area contributed by atoms with E-state index in [2.05, 4.69) is 11.1 Å². The minimum atomic E-state index is -4.08. The molecule has 0 saturated heterocycles. The number of alkyl halides is 3. The highest BCUT2D eigenvalue weighted by molar-refractivity contribution is 6.30. The number of anilines is 1. The van der Waals surface area contributed by atoms with Crippen molar-refractivity contribution in [2.24, 2.45) is 22.7 Å². The minimum absolute atomic E-state index is 0.131. The van der Waals surface area contributed by atoms with Crippen LogP contribution in [0.25, 0.3) is 0 Å². The Morgan fingerprint density at radius 2 is 1.63 bits per heavy atom. The maximum Gasteiger partial charge on any atom is 0.391 e. The van der Waals surface area contributed by atoms with Gasteiger partial charge in [0.25, 0.3) is 0 Å². The lowest BCUT2D eigenvalue weighted by Gasteiger charge is -2.40. The number of halogens is 4. The second kappa shape index (κ2) is 7.16. The molecule has 1 unspecified atom stereocenters. The van der Waals surface area contributed by atoms with Gasteiger partial charge in [-0.15, -0.1) is 0 Å². The molecule has 2 aliphatic carbocycles. The number of hydrogen-bond donors (Lipinski definition) is 0. The average Bonchev–Trinajstić information content (AvgIpc) is 3.47. The van der Waals surface area contributed by atoms with Crippen molar-refractivity contribution in [1.82, 2.24) is 0 Å². The number of nitrogens with zero attached hydrogens (tertiary/aromatic N) is 2. The van der Waals surface area contributed by atoms with E-state index < -0.39 is 12.1 Å². The van der Waals surface area contributed by atoms with Crippen LogP contribution in [0.1, 0.15) is 45.4 Å². The van der Waals surface area contributed by atoms with Gasteiger partial charge in [0.1, 0.15) is 6.17 Å². The normalized spacial score (nSPS) is 29.4. The standard InChI is InChI=1S/C21H24ClF3N2/c1-13-19(14-2-3-14)12-27(18-10-8-17(22)9-11-18)20(26-13)15-4-6-16(7-5-15)21(23,24)25/h8-12,14-16,20H,2-7H2,1H3/t15-,16+,20?. The highest BCUT2D eigenvalue weighted by atomic mass is 35.5. The lowest BCUT2D eigenvalue weighted by atomic mass is 9.79. The van der Waals surface area contributed by atoms with Gasteiger partial charge in [-0.1, -0.05) is 11.6 Å². The highest BCUT2D eigenvalue weighted by Gasteiger charge is 2.44. The molecule has 1 aliphatic heterocycles. The first-order valence-electron chi connectivity index (χ1n) is 9.70. The first-order valence-corrected chi connectivity index (χ1v) is 10.1. The molecule has 1 heterocycles. The summed E-state index contributed by atoms with van der Waals surface area (Å²) >= 11 is 6.04. The molecule has 2 fully saturated rings. The molecular weight excluding hydrogens is 373 g/mol. The Kier molecular flexibility index (Phi) is 5.00. The van der Waals surface area contributed by atoms with Crippen LogP contribution in [0, 0.1) is 17.8 Å². The summed E-state index contributed by atoms with van der Waals surface area (Å²) < 4.78 is 39.1. The number of aliphatic imine (C=N–C) groups is 1. The van der Waals surface area contributed by atoms with Crippen LogP contribution in [0.15, 0.2) is 41.0 Å². The maximum absolute atomic E-state index is 13.0. The Morgan fingerprint density at radius 3 is 2.19 bits per heavy atom. The molecule has 0 radical (unpaired) electrons. The molecular formula is C21H24ClF3N2. The molecule has 0 aromatic heterocycles. The van der Waals surface area contributed by atoms with Crippen molar-refractivity contribution in [2.75, 3.05) is 4.90 Å². The van der Waals surface area contributed by atoms with Crippen LogP contribution < -0.4 is 4.90 Å². The Labute approximate surface area is 163 Å². The van der Waals surface area contributed by atoms with Crippen molar-refractivity contribution < 1.29 is 13.2 Å². The Morgan fingerprint density at radius 1 is 1.00 bits per heavy atom. The van der Waals surface area contributed by atoms with Gasteiger partial charge in [0.2, 0.25) is 0 Å². The average molecular weight is 397 g/mol. The van der Waals surface area contributed by atoms with Gasteiger partial charge >= 0.3 is 6.18 Å². The fourth-order valence-electron chi connectivity index (χ4n) is 4.37. The van der Waals surface area contributed by atoms with E-state index in [9.17, 15) is 13.2 Å². The van der Waals surface area contributed by atoms with Crippen molar-refractivity contribution in [3.05, 3.63) is 41.1 Å². The van der Waals surface area contributed by atoms with Gasteiger partial charge in [0, 0.05) is 28.5 Å². The van der Waals surface area contributed by atoms with Gasteiger partial charge < -0.3 is 4.90 Å². The molecule has 1 atom stereocenters. The zero-order valence-corrected chi connectivity index (χ0v) is 16.1. The van der Waals surface area contributed by atoms with Crippen molar-refractivity contribution in [3.8, 4) is 0 Å². The molecule has 3 aliphatic rings. The van der Waals surface area contributed by atoms with Crippen molar-refractivity contribution in [1.29, 1.82) is 0 Å². The summed E-state index contributed by atoms with van der Waals surface area (Å²) in [5, 5.41) is 0.670. The number of benzene rings is 1. The van der Waals surface area contributed by atoms with Gasteiger partial charge in [-0.2, -0.15) is 13.2 Å². The minimum Gasteiger partial charge on any atom is -0.325 e. The van der Waals surface area contributed by atoms with Crippen LogP contribution in [-0.4, -0.2) is 18.1 Å². The predicted octanol–water partition coefficient (Wildman–Crippen LogP) is 6.61. The van der Waals surface area contributed by atoms with Crippen LogP contribution in [0.3, 0.4) is 0 Å². The second-order valence-corrected chi connectivity index (χ2v) is 8.46. The lowest BCUT2D eigenvalue weighted by molar-refractivity contribution is -0.184. The zero-order chi connectivity index (χ0) is 19.2. The molecule has 27 heavy (non-hydrogen) atoms. The first kappa shape index (κ1) is 18.9. The Bertz CT molecular complexity index is 742. The van der Waals surface area contributed by atoms with E-state index in [-0.39, 0.29) is 24.9 Å². The van der Waals surface area contributed by atoms with Crippen LogP contribution in [0.2, 0.25) is 5.02 Å². The fraction of sp³-hybridized carbons (Fsp3) is 0.571. The zero-order valence-electron chi connectivity index (χ0n) is 15.3. The van der Waals surface area contributed by atoms with E-state index in [4.69, 9.17) is 16.6 Å². The summed E-state index contributed by atoms with van der Waals surface area (Å²) in [5.41, 5.74) is 3.31. The first-order chi connectivity index (χ1) is 12.8. The summed E-state index contributed by atoms with van der Waals surface area (Å²) in [6.07, 6.45) is 1.87. The molecule has 1 aromatic rings.